The maximum atomic E-state index is 3.59. The lowest BCUT2D eigenvalue weighted by molar-refractivity contribution is 0.220. The van der Waals surface area contributed by atoms with Crippen molar-refractivity contribution in [3.8, 4) is 0 Å². The van der Waals surface area contributed by atoms with Crippen LogP contribution in [0.5, 0.6) is 0 Å². The maximum Gasteiger partial charge on any atom is 0.0223 e. The van der Waals surface area contributed by atoms with Crippen molar-refractivity contribution in [3.05, 3.63) is 0 Å². The number of fused-ring (bicyclic) bond motifs is 1. The molecule has 0 aliphatic carbocycles. The fourth-order valence-corrected chi connectivity index (χ4v) is 3.37. The lowest BCUT2D eigenvalue weighted by Gasteiger charge is -2.25. The zero-order chi connectivity index (χ0) is 13.5. The second-order valence-electron chi connectivity index (χ2n) is 6.39. The van der Waals surface area contributed by atoms with Crippen molar-refractivity contribution in [1.82, 2.24) is 20.0 Å². The van der Waals surface area contributed by atoms with Gasteiger partial charge in [-0.3, -0.25) is 4.90 Å². The summed E-state index contributed by atoms with van der Waals surface area (Å²) in [4.78, 5) is 7.64. The zero-order valence-corrected chi connectivity index (χ0v) is 12.9. The molecule has 2 aliphatic heterocycles. The Bertz CT molecular complexity index is 244. The normalized spacial score (nSPS) is 25.7. The molecule has 0 amide bonds. The summed E-state index contributed by atoms with van der Waals surface area (Å²) in [6, 6.07) is 0.858. The zero-order valence-electron chi connectivity index (χ0n) is 12.9. The predicted octanol–water partition coefficient (Wildman–Crippen LogP) is 0.698. The fraction of sp³-hybridized carbons (Fsp3) is 1.00. The van der Waals surface area contributed by atoms with E-state index in [-0.39, 0.29) is 0 Å². The van der Waals surface area contributed by atoms with E-state index in [1.165, 1.54) is 65.0 Å². The van der Waals surface area contributed by atoms with Crippen LogP contribution in [0.2, 0.25) is 0 Å². The Labute approximate surface area is 119 Å². The molecule has 4 heteroatoms. The Morgan fingerprint density at radius 3 is 2.79 bits per heavy atom. The van der Waals surface area contributed by atoms with Crippen LogP contribution in [0.4, 0.5) is 0 Å². The third-order valence-electron chi connectivity index (χ3n) is 4.45. The van der Waals surface area contributed by atoms with Gasteiger partial charge in [0, 0.05) is 25.7 Å². The lowest BCUT2D eigenvalue weighted by Crippen LogP contribution is -2.39. The molecule has 2 fully saturated rings. The molecular formula is C15H32N4. The van der Waals surface area contributed by atoms with Crippen molar-refractivity contribution in [2.45, 2.75) is 31.7 Å². The minimum Gasteiger partial charge on any atom is -0.315 e. The summed E-state index contributed by atoms with van der Waals surface area (Å²) in [5.74, 6) is 0. The first-order valence-electron chi connectivity index (χ1n) is 8.07. The molecule has 1 unspecified atom stereocenters. The van der Waals surface area contributed by atoms with Gasteiger partial charge in [-0.1, -0.05) is 0 Å². The number of rotatable bonds is 7. The van der Waals surface area contributed by atoms with Crippen molar-refractivity contribution in [1.29, 1.82) is 0 Å². The Morgan fingerprint density at radius 2 is 1.95 bits per heavy atom. The van der Waals surface area contributed by atoms with Crippen molar-refractivity contribution in [2.75, 3.05) is 66.5 Å². The van der Waals surface area contributed by atoms with E-state index >= 15 is 0 Å². The van der Waals surface area contributed by atoms with Gasteiger partial charge in [-0.15, -0.1) is 0 Å². The molecule has 1 atom stereocenters. The second-order valence-corrected chi connectivity index (χ2v) is 6.39. The predicted molar refractivity (Wildman–Crippen MR) is 81.7 cm³/mol. The van der Waals surface area contributed by atoms with E-state index in [1.54, 1.807) is 0 Å². The van der Waals surface area contributed by atoms with Crippen LogP contribution in [-0.2, 0) is 0 Å². The summed E-state index contributed by atoms with van der Waals surface area (Å²) in [5, 5.41) is 3.59. The second kappa shape index (κ2) is 8.20. The smallest absolute Gasteiger partial charge is 0.0223 e. The van der Waals surface area contributed by atoms with E-state index in [2.05, 4.69) is 34.1 Å². The summed E-state index contributed by atoms with van der Waals surface area (Å²) < 4.78 is 0. The van der Waals surface area contributed by atoms with Gasteiger partial charge in [0.25, 0.3) is 0 Å². The number of nitrogens with one attached hydrogen (secondary N) is 1. The number of hydrogen-bond acceptors (Lipinski definition) is 4. The minimum absolute atomic E-state index is 0.858. The molecule has 0 bridgehead atoms. The summed E-state index contributed by atoms with van der Waals surface area (Å²) in [5.41, 5.74) is 0. The average molecular weight is 268 g/mol. The monoisotopic (exact) mass is 268 g/mol. The standard InChI is InChI=1S/C15H32N4/c1-17(2)9-4-7-16-8-13-18-10-5-12-19-11-3-6-15(19)14-18/h15-16H,3-14H2,1-2H3. The number of hydrogen-bond donors (Lipinski definition) is 1. The summed E-state index contributed by atoms with van der Waals surface area (Å²) in [6.07, 6.45) is 5.45. The highest BCUT2D eigenvalue weighted by Crippen LogP contribution is 2.20. The molecule has 0 aromatic heterocycles. The first-order chi connectivity index (χ1) is 9.25. The van der Waals surface area contributed by atoms with Gasteiger partial charge in [-0.25, -0.2) is 0 Å². The lowest BCUT2D eigenvalue weighted by atomic mass is 10.2. The molecule has 2 saturated heterocycles. The van der Waals surface area contributed by atoms with Gasteiger partial charge in [0.15, 0.2) is 0 Å². The quantitative estimate of drug-likeness (QED) is 0.686. The molecule has 4 nitrogen and oxygen atoms in total. The average Bonchev–Trinajstić information content (AvgIpc) is 2.72. The van der Waals surface area contributed by atoms with Crippen molar-refractivity contribution in [2.24, 2.45) is 0 Å². The van der Waals surface area contributed by atoms with Crippen molar-refractivity contribution in [3.63, 3.8) is 0 Å². The molecule has 0 aromatic carbocycles. The van der Waals surface area contributed by atoms with Crippen LogP contribution in [0.25, 0.3) is 0 Å². The molecule has 112 valence electrons. The third-order valence-corrected chi connectivity index (χ3v) is 4.45. The topological polar surface area (TPSA) is 21.8 Å². The van der Waals surface area contributed by atoms with Crippen LogP contribution in [0.3, 0.4) is 0 Å². The Morgan fingerprint density at radius 1 is 1.11 bits per heavy atom. The van der Waals surface area contributed by atoms with Crippen molar-refractivity contribution >= 4 is 0 Å². The van der Waals surface area contributed by atoms with E-state index < -0.39 is 0 Å². The highest BCUT2D eigenvalue weighted by atomic mass is 15.3. The Hall–Kier alpha value is -0.160. The highest BCUT2D eigenvalue weighted by molar-refractivity contribution is 4.84. The van der Waals surface area contributed by atoms with Crippen LogP contribution in [0.1, 0.15) is 25.7 Å². The van der Waals surface area contributed by atoms with Gasteiger partial charge in [0.1, 0.15) is 0 Å². The third kappa shape index (κ3) is 5.38. The van der Waals surface area contributed by atoms with Crippen LogP contribution >= 0.6 is 0 Å². The van der Waals surface area contributed by atoms with E-state index in [0.29, 0.717) is 0 Å². The van der Waals surface area contributed by atoms with E-state index in [0.717, 1.165) is 19.1 Å². The highest BCUT2D eigenvalue weighted by Gasteiger charge is 2.28. The van der Waals surface area contributed by atoms with Gasteiger partial charge in [0.05, 0.1) is 0 Å². The Balaban J connectivity index is 1.55. The molecule has 0 aromatic rings. The van der Waals surface area contributed by atoms with Crippen LogP contribution in [0.15, 0.2) is 0 Å². The summed E-state index contributed by atoms with van der Waals surface area (Å²) >= 11 is 0. The van der Waals surface area contributed by atoms with Crippen LogP contribution in [-0.4, -0.2) is 87.2 Å². The van der Waals surface area contributed by atoms with Gasteiger partial charge >= 0.3 is 0 Å². The molecular weight excluding hydrogens is 236 g/mol. The molecule has 19 heavy (non-hydrogen) atoms. The summed E-state index contributed by atoms with van der Waals surface area (Å²) in [6.45, 7) is 10.0. The minimum atomic E-state index is 0.858. The molecule has 0 radical (unpaired) electrons. The fourth-order valence-electron chi connectivity index (χ4n) is 3.37. The van der Waals surface area contributed by atoms with Crippen LogP contribution in [0, 0.1) is 0 Å². The van der Waals surface area contributed by atoms with E-state index in [1.807, 2.05) is 0 Å². The van der Waals surface area contributed by atoms with E-state index in [9.17, 15) is 0 Å². The van der Waals surface area contributed by atoms with Crippen LogP contribution < -0.4 is 5.32 Å². The first-order valence-corrected chi connectivity index (χ1v) is 8.07. The maximum absolute atomic E-state index is 3.59. The van der Waals surface area contributed by atoms with Crippen molar-refractivity contribution < 1.29 is 0 Å². The largest absolute Gasteiger partial charge is 0.315 e. The van der Waals surface area contributed by atoms with Gasteiger partial charge in [-0.2, -0.15) is 0 Å². The molecule has 2 heterocycles. The SMILES string of the molecule is CN(C)CCCNCCN1CCCN2CCCC2C1. The number of nitrogens with zero attached hydrogens (tertiary/aromatic N) is 3. The Kier molecular flexibility index (Phi) is 6.57. The molecule has 0 saturated carbocycles. The molecule has 0 spiro atoms. The van der Waals surface area contributed by atoms with Gasteiger partial charge in [0.2, 0.25) is 0 Å². The van der Waals surface area contributed by atoms with Gasteiger partial charge in [-0.05, 0) is 72.5 Å². The van der Waals surface area contributed by atoms with Gasteiger partial charge < -0.3 is 15.1 Å². The molecule has 1 N–H and O–H groups in total. The van der Waals surface area contributed by atoms with E-state index in [4.69, 9.17) is 0 Å². The first kappa shape index (κ1) is 15.2. The molecule has 2 rings (SSSR count). The summed E-state index contributed by atoms with van der Waals surface area (Å²) in [7, 11) is 4.29. The molecule has 2 aliphatic rings.